The van der Waals surface area contributed by atoms with Gasteiger partial charge in [-0.2, -0.15) is 0 Å². The van der Waals surface area contributed by atoms with Gasteiger partial charge in [-0.05, 0) is 23.2 Å². The molecule has 2 aliphatic heterocycles. The van der Waals surface area contributed by atoms with Crippen molar-refractivity contribution in [1.29, 1.82) is 0 Å². The molecule has 4 heterocycles. The van der Waals surface area contributed by atoms with Gasteiger partial charge in [0.15, 0.2) is 22.3 Å². The Morgan fingerprint density at radius 2 is 2.10 bits per heavy atom. The van der Waals surface area contributed by atoms with E-state index < -0.39 is 40.7 Å². The van der Waals surface area contributed by atoms with Crippen molar-refractivity contribution < 1.29 is 34.5 Å². The zero-order valence-corrected chi connectivity index (χ0v) is 25.5. The number of nitrogens with two attached hydrogens (primary N) is 1. The van der Waals surface area contributed by atoms with Gasteiger partial charge in [-0.15, -0.1) is 40.0 Å². The summed E-state index contributed by atoms with van der Waals surface area (Å²) < 4.78 is 4.59. The number of aliphatic carboxylic acids is 1. The highest BCUT2D eigenvalue weighted by atomic mass is 35.5. The predicted molar refractivity (Wildman–Crippen MR) is 158 cm³/mol. The number of rotatable bonds is 10. The second kappa shape index (κ2) is 12.5. The Hall–Kier alpha value is -3.29. The first kappa shape index (κ1) is 30.2. The van der Waals surface area contributed by atoms with Gasteiger partial charge in [0.2, 0.25) is 0 Å². The van der Waals surface area contributed by atoms with Gasteiger partial charge >= 0.3 is 5.97 Å². The van der Waals surface area contributed by atoms with Crippen molar-refractivity contribution in [2.45, 2.75) is 22.2 Å². The molecule has 3 aromatic rings. The van der Waals surface area contributed by atoms with Crippen LogP contribution in [0.1, 0.15) is 11.3 Å². The van der Waals surface area contributed by atoms with E-state index in [2.05, 4.69) is 25.0 Å². The van der Waals surface area contributed by atoms with E-state index in [0.29, 0.717) is 17.1 Å². The number of aromatic nitrogens is 3. The number of phenolic OH excluding ortho intramolecular Hbond substituents is 2. The number of fused-ring (bicyclic) bond motifs is 1. The second-order valence-corrected chi connectivity index (χ2v) is 13.3. The molecule has 6 N–H and O–H groups in total. The monoisotopic (exact) mass is 689 g/mol. The minimum Gasteiger partial charge on any atom is -0.503 e. The summed E-state index contributed by atoms with van der Waals surface area (Å²) in [4.78, 5) is 49.1. The van der Waals surface area contributed by atoms with Gasteiger partial charge in [0, 0.05) is 22.4 Å². The van der Waals surface area contributed by atoms with Gasteiger partial charge < -0.3 is 31.2 Å². The summed E-state index contributed by atoms with van der Waals surface area (Å²) in [7, 11) is 0. The lowest BCUT2D eigenvalue weighted by molar-refractivity contribution is -0.150. The molecule has 20 heteroatoms. The van der Waals surface area contributed by atoms with Gasteiger partial charge in [0.1, 0.15) is 33.6 Å². The average Bonchev–Trinajstić information content (AvgIpc) is 3.65. The number of phenols is 2. The summed E-state index contributed by atoms with van der Waals surface area (Å²) in [5.74, 6) is -3.25. The maximum absolute atomic E-state index is 13.3. The number of thioether (sulfide) groups is 2. The topological polar surface area (TPSA) is 213 Å². The lowest BCUT2D eigenvalue weighted by Gasteiger charge is -2.49. The third kappa shape index (κ3) is 5.95. The zero-order chi connectivity index (χ0) is 30.1. The summed E-state index contributed by atoms with van der Waals surface area (Å²) in [5.41, 5.74) is 6.09. The molecule has 1 fully saturated rings. The zero-order valence-electron chi connectivity index (χ0n) is 20.7. The Labute approximate surface area is 262 Å². The Kier molecular flexibility index (Phi) is 9.00. The SMILES string of the molecule is Nc1nc(/C(=N/OCc2cc(Cl)c(O)c(O)c2Cl)C(=O)NC2C(=O)N3C(C(=O)O)=C(CSc4cnns4)CS[C@@H]23)cs1. The third-order valence-electron chi connectivity index (χ3n) is 5.86. The van der Waals surface area contributed by atoms with Crippen LogP contribution < -0.4 is 11.1 Å². The highest BCUT2D eigenvalue weighted by molar-refractivity contribution is 8.01. The van der Waals surface area contributed by atoms with Crippen molar-refractivity contribution >= 4 is 98.2 Å². The van der Waals surface area contributed by atoms with Crippen molar-refractivity contribution in [3.8, 4) is 11.5 Å². The summed E-state index contributed by atoms with van der Waals surface area (Å²) in [6, 6.07) is 0.214. The molecule has 2 aromatic heterocycles. The first-order chi connectivity index (χ1) is 20.1. The van der Waals surface area contributed by atoms with E-state index in [1.54, 1.807) is 6.20 Å². The summed E-state index contributed by atoms with van der Waals surface area (Å²) in [6.07, 6.45) is 1.58. The van der Waals surface area contributed by atoms with Crippen LogP contribution in [0.25, 0.3) is 0 Å². The van der Waals surface area contributed by atoms with Crippen LogP contribution in [0.2, 0.25) is 10.0 Å². The molecule has 42 heavy (non-hydrogen) atoms. The number of anilines is 1. The van der Waals surface area contributed by atoms with Gasteiger partial charge in [0.05, 0.1) is 16.2 Å². The smallest absolute Gasteiger partial charge is 0.352 e. The van der Waals surface area contributed by atoms with E-state index in [0.717, 1.165) is 15.5 Å². The van der Waals surface area contributed by atoms with Crippen molar-refractivity contribution in [2.75, 3.05) is 17.2 Å². The molecule has 0 aliphatic carbocycles. The molecule has 0 saturated carbocycles. The standard InChI is InChI=1S/C22H17Cl2N7O7S4/c23-9-1-7(12(24)17(33)16(9)32)3-38-29-13(10-6-41-22(25)27-10)18(34)28-14-19(35)31-15(21(36)37)8(5-40-20(14)31)4-39-11-2-26-30-42-11/h1-2,6,14,20,32-33H,3-5H2,(H2,25,27)(H,28,34)(H,36,37)/b29-13-/t14?,20-/m0/s1. The average molecular weight is 691 g/mol. The predicted octanol–water partition coefficient (Wildman–Crippen LogP) is 2.75. The van der Waals surface area contributed by atoms with Crippen LogP contribution in [-0.2, 0) is 25.8 Å². The number of nitrogen functional groups attached to an aromatic ring is 1. The number of carboxylic acids is 1. The van der Waals surface area contributed by atoms with E-state index >= 15 is 0 Å². The molecular weight excluding hydrogens is 673 g/mol. The van der Waals surface area contributed by atoms with E-state index in [1.807, 2.05) is 0 Å². The van der Waals surface area contributed by atoms with Crippen molar-refractivity contribution in [3.05, 3.63) is 50.2 Å². The van der Waals surface area contributed by atoms with Crippen LogP contribution in [0, 0.1) is 0 Å². The Morgan fingerprint density at radius 1 is 1.31 bits per heavy atom. The number of β-lactam (4-membered cyclic amide) rings is 1. The van der Waals surface area contributed by atoms with Crippen LogP contribution in [0.5, 0.6) is 11.5 Å². The highest BCUT2D eigenvalue weighted by Gasteiger charge is 2.54. The fraction of sp³-hybridized carbons (Fsp3) is 0.227. The molecule has 2 atom stereocenters. The first-order valence-electron chi connectivity index (χ1n) is 11.5. The molecule has 220 valence electrons. The number of hydrogen-bond donors (Lipinski definition) is 5. The van der Waals surface area contributed by atoms with Crippen LogP contribution in [0.3, 0.4) is 0 Å². The molecule has 0 radical (unpaired) electrons. The second-order valence-electron chi connectivity index (χ2n) is 8.46. The van der Waals surface area contributed by atoms with E-state index in [9.17, 15) is 29.7 Å². The Bertz CT molecular complexity index is 1630. The molecule has 0 spiro atoms. The van der Waals surface area contributed by atoms with Gasteiger partial charge in [-0.3, -0.25) is 14.5 Å². The van der Waals surface area contributed by atoms with Gasteiger partial charge in [-0.1, -0.05) is 32.8 Å². The van der Waals surface area contributed by atoms with Crippen LogP contribution >= 0.6 is 69.6 Å². The summed E-state index contributed by atoms with van der Waals surface area (Å²) in [6.45, 7) is -0.359. The van der Waals surface area contributed by atoms with Crippen molar-refractivity contribution in [2.24, 2.45) is 5.16 Å². The molecule has 1 unspecified atom stereocenters. The molecule has 1 saturated heterocycles. The molecule has 5 rings (SSSR count). The lowest BCUT2D eigenvalue weighted by Crippen LogP contribution is -2.71. The number of benzene rings is 1. The molecule has 2 amide bonds. The number of halogens is 2. The van der Waals surface area contributed by atoms with Crippen LogP contribution in [-0.4, -0.2) is 81.2 Å². The molecule has 0 bridgehead atoms. The van der Waals surface area contributed by atoms with Gasteiger partial charge in [-0.25, -0.2) is 9.78 Å². The number of thiazole rings is 1. The van der Waals surface area contributed by atoms with E-state index in [1.165, 1.54) is 51.4 Å². The molecule has 1 aromatic carbocycles. The van der Waals surface area contributed by atoms with Gasteiger partial charge in [0.25, 0.3) is 11.8 Å². The summed E-state index contributed by atoms with van der Waals surface area (Å²) >= 11 is 16.8. The number of oxime groups is 1. The maximum atomic E-state index is 13.3. The number of carbonyl (C=O) groups excluding carboxylic acids is 2. The third-order valence-corrected chi connectivity index (χ3v) is 10.5. The lowest BCUT2D eigenvalue weighted by atomic mass is 10.0. The summed E-state index contributed by atoms with van der Waals surface area (Å²) in [5, 5.41) is 40.3. The normalized spacial score (nSPS) is 18.5. The number of nitrogens with one attached hydrogen (secondary N) is 1. The quantitative estimate of drug-likeness (QED) is 0.0682. The number of amides is 2. The number of nitrogens with zero attached hydrogens (tertiary/aromatic N) is 5. The number of carboxylic acid groups (broad SMARTS) is 1. The number of aromatic hydroxyl groups is 2. The maximum Gasteiger partial charge on any atom is 0.352 e. The molecule has 14 nitrogen and oxygen atoms in total. The van der Waals surface area contributed by atoms with Crippen molar-refractivity contribution in [3.63, 3.8) is 0 Å². The van der Waals surface area contributed by atoms with Crippen molar-refractivity contribution in [1.82, 2.24) is 24.8 Å². The number of hydrogen-bond acceptors (Lipinski definition) is 15. The largest absolute Gasteiger partial charge is 0.503 e. The fourth-order valence-corrected chi connectivity index (χ4v) is 7.79. The minimum absolute atomic E-state index is 0.0654. The molecule has 2 aliphatic rings. The fourth-order valence-electron chi connectivity index (χ4n) is 3.91. The first-order valence-corrected chi connectivity index (χ1v) is 15.9. The number of carbonyl (C=O) groups is 3. The van der Waals surface area contributed by atoms with Crippen LogP contribution in [0.4, 0.5) is 5.13 Å². The minimum atomic E-state index is -1.25. The Balaban J connectivity index is 1.32. The molecular formula is C22H17Cl2N7O7S4. The van der Waals surface area contributed by atoms with E-state index in [-0.39, 0.29) is 44.4 Å². The Morgan fingerprint density at radius 3 is 2.76 bits per heavy atom. The van der Waals surface area contributed by atoms with E-state index in [4.69, 9.17) is 33.8 Å². The highest BCUT2D eigenvalue weighted by Crippen LogP contribution is 2.43. The van der Waals surface area contributed by atoms with Crippen LogP contribution in [0.15, 0.2) is 38.3 Å².